The number of rotatable bonds is 2. The van der Waals surface area contributed by atoms with E-state index in [1.165, 1.54) is 18.2 Å². The number of aromatic nitrogens is 1. The number of carbonyl (C=O) groups is 1. The van der Waals surface area contributed by atoms with Gasteiger partial charge in [0.05, 0.1) is 0 Å². The van der Waals surface area contributed by atoms with E-state index in [-0.39, 0.29) is 18.0 Å². The highest BCUT2D eigenvalue weighted by Gasteiger charge is 2.14. The number of hydrogen-bond donors (Lipinski definition) is 2. The predicted molar refractivity (Wildman–Crippen MR) is 67.6 cm³/mol. The Labute approximate surface area is 108 Å². The summed E-state index contributed by atoms with van der Waals surface area (Å²) in [6, 6.07) is 9.48. The first-order valence-electron chi connectivity index (χ1n) is 5.63. The van der Waals surface area contributed by atoms with E-state index in [1.807, 2.05) is 0 Å². The van der Waals surface area contributed by atoms with Crippen molar-refractivity contribution in [3.05, 3.63) is 52.4 Å². The molecule has 0 unspecified atom stereocenters. The van der Waals surface area contributed by atoms with Gasteiger partial charge in [-0.05, 0) is 18.2 Å². The van der Waals surface area contributed by atoms with E-state index < -0.39 is 5.91 Å². The summed E-state index contributed by atoms with van der Waals surface area (Å²) in [4.78, 5) is 25.5. The van der Waals surface area contributed by atoms with Crippen LogP contribution >= 0.6 is 0 Å². The van der Waals surface area contributed by atoms with Crippen LogP contribution in [-0.4, -0.2) is 17.7 Å². The predicted octanol–water partition coefficient (Wildman–Crippen LogP) is 1.36. The first kappa shape index (κ1) is 11.3. The fourth-order valence-electron chi connectivity index (χ4n) is 1.75. The van der Waals surface area contributed by atoms with Crippen LogP contribution in [0.5, 0.6) is 11.5 Å². The highest BCUT2D eigenvalue weighted by molar-refractivity contribution is 6.02. The number of amides is 1. The number of ether oxygens (including phenoxy) is 2. The summed E-state index contributed by atoms with van der Waals surface area (Å²) in [5, 5.41) is 2.67. The van der Waals surface area contributed by atoms with Gasteiger partial charge in [0.25, 0.3) is 5.91 Å². The van der Waals surface area contributed by atoms with Crippen LogP contribution in [0.3, 0.4) is 0 Å². The summed E-state index contributed by atoms with van der Waals surface area (Å²) in [7, 11) is 0. The molecule has 6 heteroatoms. The molecule has 96 valence electrons. The Kier molecular flexibility index (Phi) is 2.68. The van der Waals surface area contributed by atoms with E-state index in [9.17, 15) is 9.59 Å². The van der Waals surface area contributed by atoms with Gasteiger partial charge in [0.2, 0.25) is 12.4 Å². The number of nitrogens with one attached hydrogen (secondary N) is 2. The zero-order valence-corrected chi connectivity index (χ0v) is 9.80. The van der Waals surface area contributed by atoms with Gasteiger partial charge in [-0.2, -0.15) is 0 Å². The number of carbonyl (C=O) groups excluding carboxylic acids is 1. The Morgan fingerprint density at radius 3 is 2.84 bits per heavy atom. The maximum atomic E-state index is 11.9. The molecule has 2 N–H and O–H groups in total. The Balaban J connectivity index is 1.82. The highest BCUT2D eigenvalue weighted by Crippen LogP contribution is 2.34. The minimum absolute atomic E-state index is 0.179. The second-order valence-electron chi connectivity index (χ2n) is 3.95. The number of hydrogen-bond acceptors (Lipinski definition) is 4. The Morgan fingerprint density at radius 2 is 2.00 bits per heavy atom. The summed E-state index contributed by atoms with van der Waals surface area (Å²) in [6.07, 6.45) is 0. The van der Waals surface area contributed by atoms with E-state index in [1.54, 1.807) is 18.2 Å². The van der Waals surface area contributed by atoms with Crippen LogP contribution in [0.15, 0.2) is 41.2 Å². The van der Waals surface area contributed by atoms with Crippen molar-refractivity contribution in [2.75, 3.05) is 12.1 Å². The molecule has 1 aromatic heterocycles. The summed E-state index contributed by atoms with van der Waals surface area (Å²) >= 11 is 0. The lowest BCUT2D eigenvalue weighted by molar-refractivity contribution is 0.102. The van der Waals surface area contributed by atoms with Gasteiger partial charge in [0.15, 0.2) is 11.5 Å². The molecule has 6 nitrogen and oxygen atoms in total. The monoisotopic (exact) mass is 258 g/mol. The van der Waals surface area contributed by atoms with Crippen molar-refractivity contribution in [1.29, 1.82) is 0 Å². The molecule has 0 saturated heterocycles. The van der Waals surface area contributed by atoms with Crippen molar-refractivity contribution in [2.24, 2.45) is 0 Å². The van der Waals surface area contributed by atoms with Crippen molar-refractivity contribution in [3.8, 4) is 11.5 Å². The zero-order valence-electron chi connectivity index (χ0n) is 9.80. The summed E-state index contributed by atoms with van der Waals surface area (Å²) in [5.41, 5.74) is 0.447. The number of benzene rings is 1. The first-order chi connectivity index (χ1) is 9.22. The van der Waals surface area contributed by atoms with Gasteiger partial charge in [-0.3, -0.25) is 9.59 Å². The molecule has 3 rings (SSSR count). The van der Waals surface area contributed by atoms with Gasteiger partial charge >= 0.3 is 0 Å². The third-order valence-electron chi connectivity index (χ3n) is 2.64. The molecule has 0 atom stereocenters. The lowest BCUT2D eigenvalue weighted by Crippen LogP contribution is -2.17. The van der Waals surface area contributed by atoms with Crippen molar-refractivity contribution < 1.29 is 14.3 Å². The standard InChI is InChI=1S/C13H10N2O4/c16-12-3-1-2-9(15-12)13(17)14-8-4-5-10-11(6-8)19-7-18-10/h1-6H,7H2,(H,14,17)(H,15,16). The van der Waals surface area contributed by atoms with Gasteiger partial charge in [-0.1, -0.05) is 6.07 Å². The lowest BCUT2D eigenvalue weighted by atomic mass is 10.2. The molecular formula is C13H10N2O4. The van der Waals surface area contributed by atoms with E-state index in [4.69, 9.17) is 9.47 Å². The number of anilines is 1. The fourth-order valence-corrected chi connectivity index (χ4v) is 1.75. The minimum Gasteiger partial charge on any atom is -0.454 e. The normalized spacial score (nSPS) is 12.2. The van der Waals surface area contributed by atoms with Crippen LogP contribution in [0, 0.1) is 0 Å². The maximum absolute atomic E-state index is 11.9. The largest absolute Gasteiger partial charge is 0.454 e. The van der Waals surface area contributed by atoms with Crippen molar-refractivity contribution in [1.82, 2.24) is 4.98 Å². The number of aromatic amines is 1. The van der Waals surface area contributed by atoms with Crippen LogP contribution in [0.2, 0.25) is 0 Å². The van der Waals surface area contributed by atoms with Crippen LogP contribution < -0.4 is 20.3 Å². The number of pyridine rings is 1. The minimum atomic E-state index is -0.392. The second-order valence-corrected chi connectivity index (χ2v) is 3.95. The SMILES string of the molecule is O=C(Nc1ccc2c(c1)OCO2)c1cccc(=O)[nH]1. The average molecular weight is 258 g/mol. The van der Waals surface area contributed by atoms with Gasteiger partial charge in [0.1, 0.15) is 5.69 Å². The number of H-pyrrole nitrogens is 1. The Morgan fingerprint density at radius 1 is 1.16 bits per heavy atom. The topological polar surface area (TPSA) is 80.4 Å². The average Bonchev–Trinajstić information content (AvgIpc) is 2.86. The molecular weight excluding hydrogens is 248 g/mol. The Hall–Kier alpha value is -2.76. The Bertz CT molecular complexity index is 693. The molecule has 19 heavy (non-hydrogen) atoms. The molecule has 1 aliphatic rings. The van der Waals surface area contributed by atoms with Crippen LogP contribution in [-0.2, 0) is 0 Å². The quantitative estimate of drug-likeness (QED) is 0.852. The number of fused-ring (bicyclic) bond motifs is 1. The molecule has 1 amide bonds. The fraction of sp³-hybridized carbons (Fsp3) is 0.0769. The molecule has 0 fully saturated rings. The van der Waals surface area contributed by atoms with Crippen LogP contribution in [0.4, 0.5) is 5.69 Å². The van der Waals surface area contributed by atoms with Crippen molar-refractivity contribution in [3.63, 3.8) is 0 Å². The smallest absolute Gasteiger partial charge is 0.272 e. The first-order valence-corrected chi connectivity index (χ1v) is 5.63. The van der Waals surface area contributed by atoms with Gasteiger partial charge in [-0.25, -0.2) is 0 Å². The van der Waals surface area contributed by atoms with Crippen LogP contribution in [0.25, 0.3) is 0 Å². The molecule has 2 heterocycles. The molecule has 2 aromatic rings. The van der Waals surface area contributed by atoms with Gasteiger partial charge in [-0.15, -0.1) is 0 Å². The maximum Gasteiger partial charge on any atom is 0.272 e. The zero-order chi connectivity index (χ0) is 13.2. The van der Waals surface area contributed by atoms with Crippen LogP contribution in [0.1, 0.15) is 10.5 Å². The molecule has 0 aliphatic carbocycles. The van der Waals surface area contributed by atoms with Gasteiger partial charge < -0.3 is 19.8 Å². The van der Waals surface area contributed by atoms with E-state index in [2.05, 4.69) is 10.3 Å². The molecule has 0 saturated carbocycles. The molecule has 1 aromatic carbocycles. The second kappa shape index (κ2) is 4.49. The van der Waals surface area contributed by atoms with E-state index in [0.717, 1.165) is 0 Å². The van der Waals surface area contributed by atoms with Gasteiger partial charge in [0, 0.05) is 17.8 Å². The summed E-state index contributed by atoms with van der Waals surface area (Å²) < 4.78 is 10.4. The molecule has 1 aliphatic heterocycles. The summed E-state index contributed by atoms with van der Waals surface area (Å²) in [6.45, 7) is 0.179. The molecule has 0 bridgehead atoms. The van der Waals surface area contributed by atoms with Crippen molar-refractivity contribution >= 4 is 11.6 Å². The van der Waals surface area contributed by atoms with Crippen molar-refractivity contribution in [2.45, 2.75) is 0 Å². The molecule has 0 radical (unpaired) electrons. The van der Waals surface area contributed by atoms with E-state index >= 15 is 0 Å². The highest BCUT2D eigenvalue weighted by atomic mass is 16.7. The van der Waals surface area contributed by atoms with E-state index in [0.29, 0.717) is 17.2 Å². The third kappa shape index (κ3) is 2.28. The molecule has 0 spiro atoms. The lowest BCUT2D eigenvalue weighted by Gasteiger charge is -2.05. The summed E-state index contributed by atoms with van der Waals surface area (Å²) in [5.74, 6) is 0.835. The third-order valence-corrected chi connectivity index (χ3v) is 2.64.